The van der Waals surface area contributed by atoms with E-state index in [1.165, 1.54) is 13.1 Å². The minimum atomic E-state index is -3.69. The van der Waals surface area contributed by atoms with Crippen molar-refractivity contribution in [3.63, 3.8) is 0 Å². The molecule has 0 radical (unpaired) electrons. The lowest BCUT2D eigenvalue weighted by Crippen LogP contribution is -2.15. The number of pyridine rings is 1. The number of anilines is 3. The van der Waals surface area contributed by atoms with Gasteiger partial charge in [0.1, 0.15) is 5.82 Å². The van der Waals surface area contributed by atoms with Crippen molar-refractivity contribution in [1.82, 2.24) is 4.98 Å². The minimum Gasteiger partial charge on any atom is -0.354 e. The molecule has 1 aromatic heterocycles. The summed E-state index contributed by atoms with van der Waals surface area (Å²) in [6, 6.07) is 17.1. The summed E-state index contributed by atoms with van der Waals surface area (Å²) in [7, 11) is -3.69. The predicted molar refractivity (Wildman–Crippen MR) is 106 cm³/mol. The van der Waals surface area contributed by atoms with Crippen LogP contribution in [0.1, 0.15) is 22.8 Å². The van der Waals surface area contributed by atoms with E-state index >= 15 is 0 Å². The molecule has 0 atom stereocenters. The average molecular weight is 381 g/mol. The van der Waals surface area contributed by atoms with Gasteiger partial charge in [0.25, 0.3) is 10.0 Å². The molecule has 0 fully saturated rings. The highest BCUT2D eigenvalue weighted by Crippen LogP contribution is 2.21. The molecule has 0 aliphatic heterocycles. The van der Waals surface area contributed by atoms with Crippen LogP contribution in [-0.2, 0) is 10.0 Å². The van der Waals surface area contributed by atoms with Crippen molar-refractivity contribution in [2.45, 2.75) is 18.7 Å². The molecular weight excluding hydrogens is 362 g/mol. The van der Waals surface area contributed by atoms with Crippen LogP contribution in [0.5, 0.6) is 0 Å². The number of aryl methyl sites for hydroxylation is 1. The maximum absolute atomic E-state index is 12.5. The molecule has 6 nitrogen and oxygen atoms in total. The number of hydrogen-bond donors (Lipinski definition) is 2. The largest absolute Gasteiger partial charge is 0.354 e. The van der Waals surface area contributed by atoms with Crippen LogP contribution < -0.4 is 10.0 Å². The quantitative estimate of drug-likeness (QED) is 0.627. The summed E-state index contributed by atoms with van der Waals surface area (Å²) in [5, 5.41) is 3.15. The average Bonchev–Trinajstić information content (AvgIpc) is 2.64. The molecule has 2 N–H and O–H groups in total. The normalized spacial score (nSPS) is 11.0. The number of benzene rings is 2. The Bertz CT molecular complexity index is 1060. The van der Waals surface area contributed by atoms with Crippen molar-refractivity contribution in [3.05, 3.63) is 78.0 Å². The molecule has 0 unspecified atom stereocenters. The van der Waals surface area contributed by atoms with Gasteiger partial charge in [0.2, 0.25) is 0 Å². The number of hydrogen-bond acceptors (Lipinski definition) is 5. The topological polar surface area (TPSA) is 88.2 Å². The van der Waals surface area contributed by atoms with Crippen molar-refractivity contribution in [3.8, 4) is 0 Å². The SMILES string of the molecule is CC(=O)c1ccc(Nc2ccc(NS(=O)(=O)c3ccccc3C)nc2)cc1. The van der Waals surface area contributed by atoms with Crippen LogP contribution in [0.25, 0.3) is 0 Å². The van der Waals surface area contributed by atoms with Crippen molar-refractivity contribution in [2.75, 3.05) is 10.0 Å². The van der Waals surface area contributed by atoms with Crippen LogP contribution in [0.3, 0.4) is 0 Å². The fourth-order valence-corrected chi connectivity index (χ4v) is 3.79. The summed E-state index contributed by atoms with van der Waals surface area (Å²) in [5.74, 6) is 0.240. The lowest BCUT2D eigenvalue weighted by molar-refractivity contribution is 0.101. The van der Waals surface area contributed by atoms with E-state index in [-0.39, 0.29) is 16.5 Å². The van der Waals surface area contributed by atoms with Gasteiger partial charge >= 0.3 is 0 Å². The molecule has 2 aromatic carbocycles. The lowest BCUT2D eigenvalue weighted by atomic mass is 10.1. The summed E-state index contributed by atoms with van der Waals surface area (Å²) < 4.78 is 27.5. The smallest absolute Gasteiger partial charge is 0.263 e. The van der Waals surface area contributed by atoms with Gasteiger partial charge in [-0.25, -0.2) is 13.4 Å². The number of rotatable bonds is 6. The highest BCUT2D eigenvalue weighted by molar-refractivity contribution is 7.92. The van der Waals surface area contributed by atoms with Crippen LogP contribution in [-0.4, -0.2) is 19.2 Å². The zero-order valence-corrected chi connectivity index (χ0v) is 15.7. The van der Waals surface area contributed by atoms with Crippen molar-refractivity contribution >= 4 is 33.0 Å². The van der Waals surface area contributed by atoms with Gasteiger partial charge in [-0.1, -0.05) is 18.2 Å². The van der Waals surface area contributed by atoms with Gasteiger partial charge in [0, 0.05) is 11.3 Å². The second kappa shape index (κ2) is 7.59. The van der Waals surface area contributed by atoms with E-state index in [9.17, 15) is 13.2 Å². The van der Waals surface area contributed by atoms with Crippen molar-refractivity contribution < 1.29 is 13.2 Å². The maximum atomic E-state index is 12.5. The predicted octanol–water partition coefficient (Wildman–Crippen LogP) is 4.14. The Morgan fingerprint density at radius 1 is 0.926 bits per heavy atom. The summed E-state index contributed by atoms with van der Waals surface area (Å²) >= 11 is 0. The Labute approximate surface area is 158 Å². The van der Waals surface area contributed by atoms with Crippen LogP contribution in [0.2, 0.25) is 0 Å². The Balaban J connectivity index is 1.72. The third-order valence-electron chi connectivity index (χ3n) is 3.97. The van der Waals surface area contributed by atoms with Gasteiger partial charge in [-0.3, -0.25) is 9.52 Å². The third kappa shape index (κ3) is 4.51. The first-order valence-corrected chi connectivity index (χ1v) is 9.76. The molecule has 0 saturated heterocycles. The number of carbonyl (C=O) groups is 1. The van der Waals surface area contributed by atoms with E-state index < -0.39 is 10.0 Å². The molecule has 1 heterocycles. The number of sulfonamides is 1. The van der Waals surface area contributed by atoms with Gasteiger partial charge < -0.3 is 5.32 Å². The molecule has 3 rings (SSSR count). The first-order valence-electron chi connectivity index (χ1n) is 8.28. The molecule has 0 spiro atoms. The molecule has 7 heteroatoms. The lowest BCUT2D eigenvalue weighted by Gasteiger charge is -2.11. The molecule has 27 heavy (non-hydrogen) atoms. The summed E-state index contributed by atoms with van der Waals surface area (Å²) in [6.45, 7) is 3.26. The molecule has 3 aromatic rings. The third-order valence-corrected chi connectivity index (χ3v) is 5.48. The molecular formula is C20H19N3O3S. The van der Waals surface area contributed by atoms with E-state index in [4.69, 9.17) is 0 Å². The van der Waals surface area contributed by atoms with E-state index in [0.29, 0.717) is 16.8 Å². The van der Waals surface area contributed by atoms with Gasteiger partial charge in [-0.2, -0.15) is 0 Å². The molecule has 0 amide bonds. The Kier molecular flexibility index (Phi) is 5.23. The van der Waals surface area contributed by atoms with Gasteiger partial charge in [0.05, 0.1) is 16.8 Å². The number of carbonyl (C=O) groups excluding carboxylic acids is 1. The standard InChI is InChI=1S/C20H19N3O3S/c1-14-5-3-4-6-19(14)27(25,26)23-20-12-11-18(13-21-20)22-17-9-7-16(8-10-17)15(2)24/h3-13,22H,1-2H3,(H,21,23). The minimum absolute atomic E-state index is 0.00788. The number of aromatic nitrogens is 1. The van der Waals surface area contributed by atoms with E-state index in [2.05, 4.69) is 15.0 Å². The van der Waals surface area contributed by atoms with Crippen molar-refractivity contribution in [1.29, 1.82) is 0 Å². The maximum Gasteiger partial charge on any atom is 0.263 e. The summed E-state index contributed by atoms with van der Waals surface area (Å²) in [5.41, 5.74) is 2.80. The monoisotopic (exact) mass is 381 g/mol. The summed E-state index contributed by atoms with van der Waals surface area (Å²) in [4.78, 5) is 15.7. The van der Waals surface area contributed by atoms with Crippen LogP contribution in [0.15, 0.2) is 71.8 Å². The van der Waals surface area contributed by atoms with E-state index in [1.807, 2.05) is 0 Å². The second-order valence-corrected chi connectivity index (χ2v) is 7.71. The van der Waals surface area contributed by atoms with Crippen molar-refractivity contribution in [2.24, 2.45) is 0 Å². The Morgan fingerprint density at radius 2 is 1.59 bits per heavy atom. The van der Waals surface area contributed by atoms with Gasteiger partial charge in [-0.15, -0.1) is 0 Å². The first kappa shape index (κ1) is 18.6. The zero-order chi connectivity index (χ0) is 19.4. The zero-order valence-electron chi connectivity index (χ0n) is 14.9. The van der Waals surface area contributed by atoms with Gasteiger partial charge in [0.15, 0.2) is 5.78 Å². The highest BCUT2D eigenvalue weighted by atomic mass is 32.2. The van der Waals surface area contributed by atoms with Gasteiger partial charge in [-0.05, 0) is 61.9 Å². The Hall–Kier alpha value is -3.19. The first-order chi connectivity index (χ1) is 12.8. The number of ketones is 1. The Morgan fingerprint density at radius 3 is 2.19 bits per heavy atom. The van der Waals surface area contributed by atoms with Crippen LogP contribution in [0.4, 0.5) is 17.2 Å². The number of nitrogens with one attached hydrogen (secondary N) is 2. The molecule has 0 bridgehead atoms. The molecule has 138 valence electrons. The fourth-order valence-electron chi connectivity index (χ4n) is 2.53. The molecule has 0 aliphatic rings. The van der Waals surface area contributed by atoms with Crippen LogP contribution >= 0.6 is 0 Å². The van der Waals surface area contributed by atoms with E-state index in [1.54, 1.807) is 67.6 Å². The molecule has 0 saturated carbocycles. The van der Waals surface area contributed by atoms with Crippen LogP contribution in [0, 0.1) is 6.92 Å². The number of Topliss-reactive ketones (excluding diaryl/α,β-unsaturated/α-hetero) is 1. The number of nitrogens with zero attached hydrogens (tertiary/aromatic N) is 1. The highest BCUT2D eigenvalue weighted by Gasteiger charge is 2.16. The molecule has 0 aliphatic carbocycles. The van der Waals surface area contributed by atoms with E-state index in [0.717, 1.165) is 5.69 Å². The second-order valence-electron chi connectivity index (χ2n) is 6.06. The summed E-state index contributed by atoms with van der Waals surface area (Å²) in [6.07, 6.45) is 1.54. The fraction of sp³-hybridized carbons (Fsp3) is 0.100.